The summed E-state index contributed by atoms with van der Waals surface area (Å²) in [5.41, 5.74) is 2.01. The van der Waals surface area contributed by atoms with Crippen LogP contribution in [0.5, 0.6) is 0 Å². The molecular weight excluding hydrogens is 198 g/mol. The fraction of sp³-hybridized carbons (Fsp3) is 0.667. The van der Waals surface area contributed by atoms with Gasteiger partial charge in [0.05, 0.1) is 6.54 Å². The highest BCUT2D eigenvalue weighted by Crippen LogP contribution is 1.99. The first kappa shape index (κ1) is 13.6. The lowest BCUT2D eigenvalue weighted by molar-refractivity contribution is -0.124. The van der Waals surface area contributed by atoms with Crippen LogP contribution >= 0.6 is 0 Å². The molecule has 6 heteroatoms. The normalized spacial score (nSPS) is 9.47. The number of nitrogens with two attached hydrogens (primary N) is 1. The van der Waals surface area contributed by atoms with Gasteiger partial charge in [0.1, 0.15) is 0 Å². The molecule has 0 fully saturated rings. The van der Waals surface area contributed by atoms with E-state index in [0.717, 1.165) is 0 Å². The Morgan fingerprint density at radius 2 is 1.73 bits per heavy atom. The van der Waals surface area contributed by atoms with Crippen molar-refractivity contribution in [3.8, 4) is 0 Å². The highest BCUT2D eigenvalue weighted by atomic mass is 16.2. The average Bonchev–Trinajstić information content (AvgIpc) is 2.21. The van der Waals surface area contributed by atoms with Crippen LogP contribution in [-0.4, -0.2) is 24.1 Å². The summed E-state index contributed by atoms with van der Waals surface area (Å²) >= 11 is 0. The van der Waals surface area contributed by atoms with E-state index in [1.807, 2.05) is 5.43 Å². The number of Topliss-reactive ketones (excluding diaryl/α,β-unsaturated/α-hetero) is 1. The molecule has 15 heavy (non-hydrogen) atoms. The molecule has 6 nitrogen and oxygen atoms in total. The Kier molecular flexibility index (Phi) is 7.17. The van der Waals surface area contributed by atoms with Crippen LogP contribution < -0.4 is 16.6 Å². The molecule has 0 rings (SSSR count). The lowest BCUT2D eigenvalue weighted by Crippen LogP contribution is -2.29. The van der Waals surface area contributed by atoms with Crippen molar-refractivity contribution in [3.05, 3.63) is 0 Å². The van der Waals surface area contributed by atoms with Crippen LogP contribution in [0, 0.1) is 0 Å². The zero-order valence-electron chi connectivity index (χ0n) is 8.84. The molecule has 0 atom stereocenters. The van der Waals surface area contributed by atoms with Gasteiger partial charge in [-0.3, -0.25) is 19.8 Å². The van der Waals surface area contributed by atoms with Crippen molar-refractivity contribution in [3.63, 3.8) is 0 Å². The number of ketones is 1. The standard InChI is InChI=1S/C9H17N3O3/c1-7(13)11-6-8(14)4-2-3-5-9(15)12-10/h2-6,10H2,1H3,(H,11,13)(H,12,15). The van der Waals surface area contributed by atoms with E-state index >= 15 is 0 Å². The summed E-state index contributed by atoms with van der Waals surface area (Å²) in [7, 11) is 0. The van der Waals surface area contributed by atoms with E-state index in [1.54, 1.807) is 0 Å². The number of hydrogen-bond donors (Lipinski definition) is 3. The van der Waals surface area contributed by atoms with E-state index < -0.39 is 0 Å². The van der Waals surface area contributed by atoms with Gasteiger partial charge < -0.3 is 5.32 Å². The van der Waals surface area contributed by atoms with Gasteiger partial charge in [-0.1, -0.05) is 0 Å². The van der Waals surface area contributed by atoms with Crippen molar-refractivity contribution in [2.24, 2.45) is 5.84 Å². The van der Waals surface area contributed by atoms with Crippen LogP contribution in [0.1, 0.15) is 32.6 Å². The summed E-state index contributed by atoms with van der Waals surface area (Å²) in [4.78, 5) is 32.3. The zero-order valence-corrected chi connectivity index (χ0v) is 8.84. The molecule has 0 heterocycles. The number of rotatable bonds is 7. The maximum Gasteiger partial charge on any atom is 0.233 e. The fourth-order valence-electron chi connectivity index (χ4n) is 0.991. The van der Waals surface area contributed by atoms with E-state index in [-0.39, 0.29) is 24.1 Å². The summed E-state index contributed by atoms with van der Waals surface area (Å²) in [6.07, 6.45) is 1.95. The van der Waals surface area contributed by atoms with Gasteiger partial charge in [-0.2, -0.15) is 0 Å². The topological polar surface area (TPSA) is 101 Å². The molecule has 0 saturated heterocycles. The average molecular weight is 215 g/mol. The van der Waals surface area contributed by atoms with Crippen LogP contribution in [0.15, 0.2) is 0 Å². The Bertz CT molecular complexity index is 241. The molecule has 4 N–H and O–H groups in total. The van der Waals surface area contributed by atoms with Crippen LogP contribution in [-0.2, 0) is 14.4 Å². The second-order valence-corrected chi connectivity index (χ2v) is 3.22. The SMILES string of the molecule is CC(=O)NCC(=O)CCCCC(=O)NN. The number of unbranched alkanes of at least 4 members (excludes halogenated alkanes) is 1. The Morgan fingerprint density at radius 3 is 2.27 bits per heavy atom. The first-order valence-electron chi connectivity index (χ1n) is 4.82. The minimum atomic E-state index is -0.232. The molecular formula is C9H17N3O3. The molecule has 0 bridgehead atoms. The van der Waals surface area contributed by atoms with Crippen LogP contribution in [0.2, 0.25) is 0 Å². The first-order valence-corrected chi connectivity index (χ1v) is 4.82. The van der Waals surface area contributed by atoms with Gasteiger partial charge in [-0.15, -0.1) is 0 Å². The highest BCUT2D eigenvalue weighted by molar-refractivity contribution is 5.85. The van der Waals surface area contributed by atoms with Gasteiger partial charge >= 0.3 is 0 Å². The van der Waals surface area contributed by atoms with E-state index in [2.05, 4.69) is 5.32 Å². The van der Waals surface area contributed by atoms with E-state index in [0.29, 0.717) is 25.7 Å². The molecule has 0 aromatic rings. The number of hydrazine groups is 1. The Hall–Kier alpha value is -1.43. The monoisotopic (exact) mass is 215 g/mol. The summed E-state index contributed by atoms with van der Waals surface area (Å²) in [5.74, 6) is 4.40. The van der Waals surface area contributed by atoms with Crippen LogP contribution in [0.4, 0.5) is 0 Å². The lowest BCUT2D eigenvalue weighted by Gasteiger charge is -2.01. The van der Waals surface area contributed by atoms with Crippen LogP contribution in [0.25, 0.3) is 0 Å². The van der Waals surface area contributed by atoms with Gasteiger partial charge in [-0.25, -0.2) is 5.84 Å². The fourth-order valence-corrected chi connectivity index (χ4v) is 0.991. The maximum absolute atomic E-state index is 11.1. The second kappa shape index (κ2) is 7.93. The van der Waals surface area contributed by atoms with Crippen molar-refractivity contribution in [2.45, 2.75) is 32.6 Å². The Morgan fingerprint density at radius 1 is 1.13 bits per heavy atom. The van der Waals surface area contributed by atoms with Crippen molar-refractivity contribution in [1.82, 2.24) is 10.7 Å². The van der Waals surface area contributed by atoms with Crippen molar-refractivity contribution in [2.75, 3.05) is 6.54 Å². The zero-order chi connectivity index (χ0) is 11.7. The van der Waals surface area contributed by atoms with E-state index in [9.17, 15) is 14.4 Å². The molecule has 86 valence electrons. The molecule has 0 aliphatic carbocycles. The number of carbonyl (C=O) groups excluding carboxylic acids is 3. The lowest BCUT2D eigenvalue weighted by atomic mass is 10.1. The largest absolute Gasteiger partial charge is 0.349 e. The minimum Gasteiger partial charge on any atom is -0.349 e. The number of carbonyl (C=O) groups is 3. The Balaban J connectivity index is 3.39. The first-order chi connectivity index (χ1) is 7.06. The molecule has 0 radical (unpaired) electrons. The molecule has 0 saturated carbocycles. The van der Waals surface area contributed by atoms with Gasteiger partial charge in [0.15, 0.2) is 5.78 Å². The highest BCUT2D eigenvalue weighted by Gasteiger charge is 2.03. The predicted octanol–water partition coefficient (Wildman–Crippen LogP) is -0.758. The molecule has 2 amide bonds. The molecule has 0 aromatic carbocycles. The smallest absolute Gasteiger partial charge is 0.233 e. The van der Waals surface area contributed by atoms with Gasteiger partial charge in [0, 0.05) is 19.8 Å². The van der Waals surface area contributed by atoms with Crippen molar-refractivity contribution in [1.29, 1.82) is 0 Å². The number of hydrogen-bond acceptors (Lipinski definition) is 4. The van der Waals surface area contributed by atoms with Gasteiger partial charge in [0.2, 0.25) is 11.8 Å². The number of amides is 2. The Labute approximate surface area is 88.6 Å². The maximum atomic E-state index is 11.1. The third kappa shape index (κ3) is 8.89. The summed E-state index contributed by atoms with van der Waals surface area (Å²) in [6.45, 7) is 1.43. The third-order valence-electron chi connectivity index (χ3n) is 1.80. The molecule has 0 aliphatic rings. The van der Waals surface area contributed by atoms with Gasteiger partial charge in [-0.05, 0) is 12.8 Å². The molecule has 0 aromatic heterocycles. The summed E-state index contributed by atoms with van der Waals surface area (Å²) < 4.78 is 0. The quantitative estimate of drug-likeness (QED) is 0.225. The number of nitrogens with one attached hydrogen (secondary N) is 2. The molecule has 0 aliphatic heterocycles. The summed E-state index contributed by atoms with van der Waals surface area (Å²) in [5, 5.41) is 2.42. The summed E-state index contributed by atoms with van der Waals surface area (Å²) in [6, 6.07) is 0. The second-order valence-electron chi connectivity index (χ2n) is 3.22. The molecule has 0 unspecified atom stereocenters. The van der Waals surface area contributed by atoms with Crippen LogP contribution in [0.3, 0.4) is 0 Å². The van der Waals surface area contributed by atoms with Crippen molar-refractivity contribution >= 4 is 17.6 Å². The minimum absolute atomic E-state index is 0.0293. The van der Waals surface area contributed by atoms with E-state index in [1.165, 1.54) is 6.92 Å². The molecule has 0 spiro atoms. The van der Waals surface area contributed by atoms with Crippen molar-refractivity contribution < 1.29 is 14.4 Å². The third-order valence-corrected chi connectivity index (χ3v) is 1.80. The van der Waals surface area contributed by atoms with E-state index in [4.69, 9.17) is 5.84 Å². The predicted molar refractivity (Wildman–Crippen MR) is 54.5 cm³/mol. The van der Waals surface area contributed by atoms with Gasteiger partial charge in [0.25, 0.3) is 0 Å².